The van der Waals surface area contributed by atoms with Crippen LogP contribution in [0.1, 0.15) is 0 Å². The van der Waals surface area contributed by atoms with Crippen molar-refractivity contribution in [2.75, 3.05) is 10.7 Å². The zero-order valence-electron chi connectivity index (χ0n) is 8.92. The van der Waals surface area contributed by atoms with E-state index in [1.165, 1.54) is 12.4 Å². The van der Waals surface area contributed by atoms with Crippen LogP contribution in [0.2, 0.25) is 0 Å². The van der Waals surface area contributed by atoms with Crippen LogP contribution in [0.15, 0.2) is 29.0 Å². The van der Waals surface area contributed by atoms with Crippen molar-refractivity contribution in [3.63, 3.8) is 0 Å². The molecule has 8 heteroatoms. The van der Waals surface area contributed by atoms with Crippen LogP contribution in [0.4, 0.5) is 26.1 Å². The highest BCUT2D eigenvalue weighted by Crippen LogP contribution is 2.29. The first kappa shape index (κ1) is 12.7. The molecule has 0 aliphatic rings. The summed E-state index contributed by atoms with van der Waals surface area (Å²) < 4.78 is 26.6. The van der Waals surface area contributed by atoms with E-state index in [2.05, 4.69) is 36.6 Å². The highest BCUT2D eigenvalue weighted by Gasteiger charge is 2.10. The molecule has 0 fully saturated rings. The van der Waals surface area contributed by atoms with Crippen LogP contribution in [-0.4, -0.2) is 9.97 Å². The molecule has 5 nitrogen and oxygen atoms in total. The lowest BCUT2D eigenvalue weighted by molar-refractivity contribution is 0.586. The van der Waals surface area contributed by atoms with Crippen molar-refractivity contribution in [1.29, 1.82) is 0 Å². The standard InChI is InChI=1S/C10H8BrF2N5/c11-8-9(15-4-16-10(8)18-14)17-7-2-1-5(12)3-6(7)13/h1-4H,14H2,(H2,15,16,17,18). The van der Waals surface area contributed by atoms with E-state index >= 15 is 0 Å². The average molecular weight is 316 g/mol. The average Bonchev–Trinajstić information content (AvgIpc) is 2.35. The van der Waals surface area contributed by atoms with Gasteiger partial charge in [0.15, 0.2) is 5.82 Å². The molecular formula is C10H8BrF2N5. The Morgan fingerprint density at radius 1 is 1.17 bits per heavy atom. The predicted octanol–water partition coefficient (Wildman–Crippen LogP) is 2.55. The number of halogens is 3. The molecule has 2 aromatic rings. The first-order valence-corrected chi connectivity index (χ1v) is 5.60. The van der Waals surface area contributed by atoms with Gasteiger partial charge in [0.2, 0.25) is 0 Å². The van der Waals surface area contributed by atoms with E-state index in [9.17, 15) is 8.78 Å². The number of hydrogen-bond acceptors (Lipinski definition) is 5. The van der Waals surface area contributed by atoms with Crippen LogP contribution in [0.5, 0.6) is 0 Å². The lowest BCUT2D eigenvalue weighted by Crippen LogP contribution is -2.10. The summed E-state index contributed by atoms with van der Waals surface area (Å²) in [5.74, 6) is 4.52. The number of nitrogen functional groups attached to an aromatic ring is 1. The fraction of sp³-hybridized carbons (Fsp3) is 0. The van der Waals surface area contributed by atoms with Crippen LogP contribution >= 0.6 is 15.9 Å². The summed E-state index contributed by atoms with van der Waals surface area (Å²) in [6.45, 7) is 0. The Hall–Kier alpha value is -1.80. The molecule has 4 N–H and O–H groups in total. The van der Waals surface area contributed by atoms with Gasteiger partial charge < -0.3 is 10.7 Å². The van der Waals surface area contributed by atoms with Crippen molar-refractivity contribution in [2.45, 2.75) is 0 Å². The fourth-order valence-corrected chi connectivity index (χ4v) is 1.69. The van der Waals surface area contributed by atoms with Crippen LogP contribution in [-0.2, 0) is 0 Å². The molecule has 0 bridgehead atoms. The smallest absolute Gasteiger partial charge is 0.159 e. The summed E-state index contributed by atoms with van der Waals surface area (Å²) in [5.41, 5.74) is 2.45. The number of nitrogens with two attached hydrogens (primary N) is 1. The van der Waals surface area contributed by atoms with Crippen LogP contribution < -0.4 is 16.6 Å². The minimum atomic E-state index is -0.720. The summed E-state index contributed by atoms with van der Waals surface area (Å²) in [5, 5.41) is 2.71. The molecule has 1 heterocycles. The summed E-state index contributed by atoms with van der Waals surface area (Å²) in [6, 6.07) is 3.19. The first-order chi connectivity index (χ1) is 8.61. The van der Waals surface area contributed by atoms with Crippen LogP contribution in [0, 0.1) is 11.6 Å². The third kappa shape index (κ3) is 2.54. The van der Waals surface area contributed by atoms with E-state index in [-0.39, 0.29) is 5.69 Å². The molecule has 0 saturated heterocycles. The SMILES string of the molecule is NNc1ncnc(Nc2ccc(F)cc2F)c1Br. The minimum Gasteiger partial charge on any atom is -0.337 e. The molecule has 0 unspecified atom stereocenters. The summed E-state index contributed by atoms with van der Waals surface area (Å²) in [4.78, 5) is 7.77. The number of hydrogen-bond donors (Lipinski definition) is 3. The summed E-state index contributed by atoms with van der Waals surface area (Å²) in [6.07, 6.45) is 1.25. The maximum Gasteiger partial charge on any atom is 0.159 e. The third-order valence-corrected chi connectivity index (χ3v) is 2.86. The Bertz CT molecular complexity index is 578. The highest BCUT2D eigenvalue weighted by atomic mass is 79.9. The lowest BCUT2D eigenvalue weighted by atomic mass is 10.3. The normalized spacial score (nSPS) is 10.2. The lowest BCUT2D eigenvalue weighted by Gasteiger charge is -2.10. The van der Waals surface area contributed by atoms with E-state index < -0.39 is 11.6 Å². The molecule has 0 radical (unpaired) electrons. The predicted molar refractivity (Wildman–Crippen MR) is 67.2 cm³/mol. The van der Waals surface area contributed by atoms with E-state index in [1.807, 2.05) is 0 Å². The second kappa shape index (κ2) is 5.23. The maximum absolute atomic E-state index is 13.4. The van der Waals surface area contributed by atoms with Gasteiger partial charge in [0, 0.05) is 6.07 Å². The zero-order chi connectivity index (χ0) is 13.1. The van der Waals surface area contributed by atoms with Crippen molar-refractivity contribution in [3.8, 4) is 0 Å². The van der Waals surface area contributed by atoms with Gasteiger partial charge in [-0.05, 0) is 28.1 Å². The fourth-order valence-electron chi connectivity index (χ4n) is 1.28. The molecule has 2 rings (SSSR count). The number of benzene rings is 1. The Morgan fingerprint density at radius 2 is 1.89 bits per heavy atom. The quantitative estimate of drug-likeness (QED) is 0.599. The number of hydrazine groups is 1. The molecule has 0 saturated carbocycles. The van der Waals surface area contributed by atoms with Gasteiger partial charge in [-0.2, -0.15) is 0 Å². The molecule has 18 heavy (non-hydrogen) atoms. The van der Waals surface area contributed by atoms with Gasteiger partial charge in [-0.15, -0.1) is 0 Å². The van der Waals surface area contributed by atoms with Crippen molar-refractivity contribution >= 4 is 33.3 Å². The second-order valence-corrected chi connectivity index (χ2v) is 4.07. The highest BCUT2D eigenvalue weighted by molar-refractivity contribution is 9.10. The van der Waals surface area contributed by atoms with Crippen molar-refractivity contribution < 1.29 is 8.78 Å². The molecule has 0 amide bonds. The number of rotatable bonds is 3. The Labute approximate surface area is 110 Å². The van der Waals surface area contributed by atoms with Gasteiger partial charge in [0.1, 0.15) is 28.3 Å². The van der Waals surface area contributed by atoms with Gasteiger partial charge in [-0.3, -0.25) is 0 Å². The first-order valence-electron chi connectivity index (χ1n) is 4.81. The van der Waals surface area contributed by atoms with Crippen molar-refractivity contribution in [3.05, 3.63) is 40.6 Å². The zero-order valence-corrected chi connectivity index (χ0v) is 10.5. The van der Waals surface area contributed by atoms with Gasteiger partial charge in [0.25, 0.3) is 0 Å². The molecular weight excluding hydrogens is 308 g/mol. The number of nitrogens with zero attached hydrogens (tertiary/aromatic N) is 2. The third-order valence-electron chi connectivity index (χ3n) is 2.11. The molecule has 0 atom stereocenters. The van der Waals surface area contributed by atoms with Crippen LogP contribution in [0.3, 0.4) is 0 Å². The second-order valence-electron chi connectivity index (χ2n) is 3.28. The summed E-state index contributed by atoms with van der Waals surface area (Å²) >= 11 is 3.21. The van der Waals surface area contributed by atoms with E-state index in [1.54, 1.807) is 0 Å². The Morgan fingerprint density at radius 3 is 2.56 bits per heavy atom. The molecule has 1 aromatic carbocycles. The molecule has 0 spiro atoms. The van der Waals surface area contributed by atoms with E-state index in [0.717, 1.165) is 12.1 Å². The van der Waals surface area contributed by atoms with E-state index in [0.29, 0.717) is 16.1 Å². The monoisotopic (exact) mass is 315 g/mol. The number of aromatic nitrogens is 2. The van der Waals surface area contributed by atoms with Crippen molar-refractivity contribution in [2.24, 2.45) is 5.84 Å². The number of nitrogens with one attached hydrogen (secondary N) is 2. The molecule has 0 aliphatic heterocycles. The minimum absolute atomic E-state index is 0.0961. The Balaban J connectivity index is 2.34. The molecule has 94 valence electrons. The molecule has 0 aliphatic carbocycles. The summed E-state index contributed by atoms with van der Waals surface area (Å²) in [7, 11) is 0. The van der Waals surface area contributed by atoms with Crippen molar-refractivity contribution in [1.82, 2.24) is 9.97 Å². The van der Waals surface area contributed by atoms with Gasteiger partial charge in [-0.25, -0.2) is 24.6 Å². The van der Waals surface area contributed by atoms with Gasteiger partial charge >= 0.3 is 0 Å². The maximum atomic E-state index is 13.4. The van der Waals surface area contributed by atoms with Gasteiger partial charge in [0.05, 0.1) is 5.69 Å². The Kier molecular flexibility index (Phi) is 3.68. The van der Waals surface area contributed by atoms with Crippen LogP contribution in [0.25, 0.3) is 0 Å². The largest absolute Gasteiger partial charge is 0.337 e. The molecule has 1 aromatic heterocycles. The topological polar surface area (TPSA) is 75.9 Å². The van der Waals surface area contributed by atoms with Gasteiger partial charge in [-0.1, -0.05) is 0 Å². The van der Waals surface area contributed by atoms with E-state index in [4.69, 9.17) is 5.84 Å². The number of anilines is 3.